The van der Waals surface area contributed by atoms with Crippen molar-refractivity contribution in [2.24, 2.45) is 5.73 Å². The van der Waals surface area contributed by atoms with Gasteiger partial charge < -0.3 is 15.1 Å². The van der Waals surface area contributed by atoms with Gasteiger partial charge in [0.1, 0.15) is 11.3 Å². The van der Waals surface area contributed by atoms with E-state index in [0.717, 1.165) is 30.3 Å². The lowest BCUT2D eigenvalue weighted by Gasteiger charge is -2.34. The van der Waals surface area contributed by atoms with Crippen molar-refractivity contribution >= 4 is 22.8 Å². The van der Waals surface area contributed by atoms with E-state index in [9.17, 15) is 9.59 Å². The Morgan fingerprint density at radius 3 is 2.84 bits per heavy atom. The number of para-hydroxylation sites is 1. The maximum absolute atomic E-state index is 13.0. The molecule has 1 unspecified atom stereocenters. The van der Waals surface area contributed by atoms with Gasteiger partial charge in [-0.1, -0.05) is 18.2 Å². The summed E-state index contributed by atoms with van der Waals surface area (Å²) < 4.78 is 5.72. The van der Waals surface area contributed by atoms with Gasteiger partial charge in [0.05, 0.1) is 11.7 Å². The molecule has 1 aliphatic heterocycles. The van der Waals surface area contributed by atoms with Crippen LogP contribution in [0.2, 0.25) is 0 Å². The molecule has 2 amide bonds. The Bertz CT molecular complexity index is 910. The molecular weight excluding hydrogens is 320 g/mol. The number of nitrogens with one attached hydrogen (secondary N) is 1. The number of H-pyrrole nitrogens is 1. The topological polar surface area (TPSA) is 105 Å². The third-order valence-electron chi connectivity index (χ3n) is 4.61. The average molecular weight is 338 g/mol. The molecule has 1 aromatic carbocycles. The summed E-state index contributed by atoms with van der Waals surface area (Å²) in [7, 11) is 0. The first-order chi connectivity index (χ1) is 12.1. The second-order valence-corrected chi connectivity index (χ2v) is 6.23. The highest BCUT2D eigenvalue weighted by Crippen LogP contribution is 2.32. The summed E-state index contributed by atoms with van der Waals surface area (Å²) in [6.07, 6.45) is 2.73. The molecule has 0 bridgehead atoms. The highest BCUT2D eigenvalue weighted by atomic mass is 16.3. The first-order valence-electron chi connectivity index (χ1n) is 8.28. The number of aromatic nitrogens is 2. The second-order valence-electron chi connectivity index (χ2n) is 6.23. The third kappa shape index (κ3) is 2.77. The number of aromatic amines is 1. The number of hydrogen-bond acceptors (Lipinski definition) is 4. The Balaban J connectivity index is 1.65. The lowest BCUT2D eigenvalue weighted by atomic mass is 9.98. The molecule has 0 radical (unpaired) electrons. The summed E-state index contributed by atoms with van der Waals surface area (Å²) in [5, 5.41) is 7.68. The number of carbonyl (C=O) groups is 2. The molecule has 128 valence electrons. The number of piperidine rings is 1. The van der Waals surface area contributed by atoms with E-state index in [1.165, 1.54) is 0 Å². The number of rotatable bonds is 3. The smallest absolute Gasteiger partial charge is 0.290 e. The lowest BCUT2D eigenvalue weighted by molar-refractivity contribution is 0.0576. The van der Waals surface area contributed by atoms with Gasteiger partial charge in [-0.2, -0.15) is 5.10 Å². The minimum absolute atomic E-state index is 0.156. The van der Waals surface area contributed by atoms with Crippen molar-refractivity contribution in [2.75, 3.05) is 6.54 Å². The van der Waals surface area contributed by atoms with Crippen LogP contribution in [0.4, 0.5) is 0 Å². The third-order valence-corrected chi connectivity index (χ3v) is 4.61. The Kier molecular flexibility index (Phi) is 3.76. The standard InChI is InChI=1S/C18H18N4O3/c19-17(23)13-10-12(20-21-13)14-6-3-4-8-22(14)18(24)16-9-11-5-1-2-7-15(11)25-16/h1-2,5,7,9-10,14H,3-4,6,8H2,(H2,19,23)(H,20,21). The minimum atomic E-state index is -0.589. The monoisotopic (exact) mass is 338 g/mol. The van der Waals surface area contributed by atoms with Crippen molar-refractivity contribution in [2.45, 2.75) is 25.3 Å². The van der Waals surface area contributed by atoms with E-state index in [4.69, 9.17) is 10.2 Å². The fourth-order valence-electron chi connectivity index (χ4n) is 3.36. The summed E-state index contributed by atoms with van der Waals surface area (Å²) in [6, 6.07) is 10.8. The summed E-state index contributed by atoms with van der Waals surface area (Å²) in [5.74, 6) is -0.424. The highest BCUT2D eigenvalue weighted by molar-refractivity contribution is 5.96. The molecule has 7 nitrogen and oxygen atoms in total. The minimum Gasteiger partial charge on any atom is -0.451 e. The van der Waals surface area contributed by atoms with Crippen LogP contribution in [-0.2, 0) is 0 Å². The molecule has 0 saturated carbocycles. The Morgan fingerprint density at radius 2 is 2.08 bits per heavy atom. The number of benzene rings is 1. The predicted octanol–water partition coefficient (Wildman–Crippen LogP) is 2.62. The normalized spacial score (nSPS) is 17.8. The Hall–Kier alpha value is -3.09. The molecule has 1 aliphatic rings. The largest absolute Gasteiger partial charge is 0.451 e. The van der Waals surface area contributed by atoms with Crippen LogP contribution in [0.5, 0.6) is 0 Å². The van der Waals surface area contributed by atoms with Gasteiger partial charge in [-0.25, -0.2) is 0 Å². The van der Waals surface area contributed by atoms with Crippen LogP contribution in [0.25, 0.3) is 11.0 Å². The number of amides is 2. The molecule has 3 N–H and O–H groups in total. The maximum atomic E-state index is 13.0. The van der Waals surface area contributed by atoms with Crippen molar-refractivity contribution in [1.29, 1.82) is 0 Å². The van der Waals surface area contributed by atoms with Gasteiger partial charge >= 0.3 is 0 Å². The molecule has 1 saturated heterocycles. The predicted molar refractivity (Wildman–Crippen MR) is 90.9 cm³/mol. The summed E-state index contributed by atoms with van der Waals surface area (Å²) in [4.78, 5) is 26.1. The zero-order chi connectivity index (χ0) is 17.4. The van der Waals surface area contributed by atoms with E-state index in [-0.39, 0.29) is 17.6 Å². The van der Waals surface area contributed by atoms with Crippen LogP contribution in [-0.4, -0.2) is 33.5 Å². The van der Waals surface area contributed by atoms with Crippen molar-refractivity contribution in [1.82, 2.24) is 15.1 Å². The molecule has 3 aromatic rings. The number of fused-ring (bicyclic) bond motifs is 1. The summed E-state index contributed by atoms with van der Waals surface area (Å²) in [6.45, 7) is 0.630. The van der Waals surface area contributed by atoms with Gasteiger partial charge in [0, 0.05) is 11.9 Å². The second kappa shape index (κ2) is 6.08. The SMILES string of the molecule is NC(=O)c1cc(C2CCCCN2C(=O)c2cc3ccccc3o2)[nH]n1. The molecule has 4 rings (SSSR count). The van der Waals surface area contributed by atoms with Crippen LogP contribution in [0.1, 0.15) is 52.0 Å². The van der Waals surface area contributed by atoms with Crippen molar-refractivity contribution in [3.05, 3.63) is 53.5 Å². The number of primary amides is 1. The number of carbonyl (C=O) groups excluding carboxylic acids is 2. The van der Waals surface area contributed by atoms with Gasteiger partial charge in [-0.15, -0.1) is 0 Å². The number of likely N-dealkylation sites (tertiary alicyclic amines) is 1. The average Bonchev–Trinajstić information content (AvgIpc) is 3.28. The van der Waals surface area contributed by atoms with Crippen LogP contribution < -0.4 is 5.73 Å². The molecular formula is C18H18N4O3. The quantitative estimate of drug-likeness (QED) is 0.765. The van der Waals surface area contributed by atoms with E-state index in [1.807, 2.05) is 24.3 Å². The van der Waals surface area contributed by atoms with Crippen LogP contribution in [0.15, 0.2) is 40.8 Å². The van der Waals surface area contributed by atoms with Crippen LogP contribution in [0, 0.1) is 0 Å². The molecule has 0 aliphatic carbocycles. The zero-order valence-electron chi connectivity index (χ0n) is 13.6. The molecule has 0 spiro atoms. The van der Waals surface area contributed by atoms with Crippen LogP contribution >= 0.6 is 0 Å². The first-order valence-corrected chi connectivity index (χ1v) is 8.28. The van der Waals surface area contributed by atoms with E-state index < -0.39 is 5.91 Å². The molecule has 1 atom stereocenters. The molecule has 25 heavy (non-hydrogen) atoms. The molecule has 3 heterocycles. The molecule has 7 heteroatoms. The highest BCUT2D eigenvalue weighted by Gasteiger charge is 2.32. The number of hydrogen-bond donors (Lipinski definition) is 2. The summed E-state index contributed by atoms with van der Waals surface area (Å²) in [5.41, 5.74) is 6.86. The zero-order valence-corrected chi connectivity index (χ0v) is 13.6. The fraction of sp³-hybridized carbons (Fsp3) is 0.278. The van der Waals surface area contributed by atoms with Gasteiger partial charge in [-0.05, 0) is 37.5 Å². The van der Waals surface area contributed by atoms with E-state index >= 15 is 0 Å². The maximum Gasteiger partial charge on any atom is 0.290 e. The van der Waals surface area contributed by atoms with Gasteiger partial charge in [-0.3, -0.25) is 14.7 Å². The van der Waals surface area contributed by atoms with Crippen LogP contribution in [0.3, 0.4) is 0 Å². The van der Waals surface area contributed by atoms with Crippen molar-refractivity contribution < 1.29 is 14.0 Å². The number of nitrogens with zero attached hydrogens (tertiary/aromatic N) is 2. The van der Waals surface area contributed by atoms with Gasteiger partial charge in [0.15, 0.2) is 5.76 Å². The molecule has 1 fully saturated rings. The van der Waals surface area contributed by atoms with Crippen molar-refractivity contribution in [3.63, 3.8) is 0 Å². The number of nitrogens with two attached hydrogens (primary N) is 1. The fourth-order valence-corrected chi connectivity index (χ4v) is 3.36. The first kappa shape index (κ1) is 15.4. The van der Waals surface area contributed by atoms with Crippen molar-refractivity contribution in [3.8, 4) is 0 Å². The van der Waals surface area contributed by atoms with E-state index in [2.05, 4.69) is 10.2 Å². The van der Waals surface area contributed by atoms with Gasteiger partial charge in [0.2, 0.25) is 0 Å². The van der Waals surface area contributed by atoms with E-state index in [0.29, 0.717) is 17.9 Å². The van der Waals surface area contributed by atoms with Gasteiger partial charge in [0.25, 0.3) is 11.8 Å². The Labute approximate surface area is 143 Å². The lowest BCUT2D eigenvalue weighted by Crippen LogP contribution is -2.38. The number of furan rings is 1. The van der Waals surface area contributed by atoms with E-state index in [1.54, 1.807) is 17.0 Å². The Morgan fingerprint density at radius 1 is 1.24 bits per heavy atom. The summed E-state index contributed by atoms with van der Waals surface area (Å²) >= 11 is 0. The molecule has 2 aromatic heterocycles.